The Hall–Kier alpha value is -4.18. The first-order chi connectivity index (χ1) is 21.6. The molecule has 30 heteroatoms. The Morgan fingerprint density at radius 3 is 0.620 bits per heavy atom. The van der Waals surface area contributed by atoms with Gasteiger partial charge in [-0.25, -0.2) is 9.13 Å². The molecule has 0 atom stereocenters. The second-order valence-corrected chi connectivity index (χ2v) is 9.51. The van der Waals surface area contributed by atoms with Gasteiger partial charge in [-0.2, -0.15) is 105 Å². The van der Waals surface area contributed by atoms with Gasteiger partial charge in [0.2, 0.25) is 0 Å². The summed E-state index contributed by atoms with van der Waals surface area (Å²) >= 11 is 0. The summed E-state index contributed by atoms with van der Waals surface area (Å²) in [5, 5.41) is -14.7. The van der Waals surface area contributed by atoms with Gasteiger partial charge in [0.05, 0.1) is 32.7 Å². The fourth-order valence-electron chi connectivity index (χ4n) is 4.33. The quantitative estimate of drug-likeness (QED) is 0.261. The lowest BCUT2D eigenvalue weighted by Crippen LogP contribution is -2.64. The first-order valence-corrected chi connectivity index (χ1v) is 11.2. The molecule has 0 saturated heterocycles. The summed E-state index contributed by atoms with van der Waals surface area (Å²) in [5.41, 5.74) is -24.6. The number of benzene rings is 1. The topological polar surface area (TPSA) is 78.1 Å². The van der Waals surface area contributed by atoms with Crippen LogP contribution in [0.25, 0.3) is 21.5 Å². The van der Waals surface area contributed by atoms with Crippen molar-refractivity contribution >= 4 is 21.5 Å². The lowest BCUT2D eigenvalue weighted by atomic mass is 9.96. The van der Waals surface area contributed by atoms with Crippen LogP contribution in [0.15, 0.2) is 19.2 Å². The van der Waals surface area contributed by atoms with Crippen molar-refractivity contribution in [1.82, 2.24) is 9.13 Å². The molecule has 3 rings (SSSR count). The van der Waals surface area contributed by atoms with Crippen LogP contribution in [0.2, 0.25) is 0 Å². The van der Waals surface area contributed by atoms with Crippen LogP contribution >= 0.6 is 0 Å². The molecule has 0 fully saturated rings. The minimum Gasteiger partial charge on any atom is -0.268 e. The molecule has 0 N–H and O–H groups in total. The largest absolute Gasteiger partial charge is 0.460 e. The molecule has 1 aromatic carbocycles. The van der Waals surface area contributed by atoms with E-state index in [4.69, 9.17) is 0 Å². The molecule has 0 bridgehead atoms. The Morgan fingerprint density at radius 2 is 0.480 bits per heavy atom. The Kier molecular flexibility index (Phi) is 8.22. The molecule has 0 saturated carbocycles. The van der Waals surface area contributed by atoms with Gasteiger partial charge in [-0.05, 0) is 0 Å². The third-order valence-electron chi connectivity index (χ3n) is 6.55. The van der Waals surface area contributed by atoms with E-state index in [1.807, 2.05) is 0 Å². The maximum Gasteiger partial charge on any atom is 0.460 e. The molecule has 0 unspecified atom stereocenters. The average molecular weight is 788 g/mol. The molecule has 0 radical (unpaired) electrons. The average Bonchev–Trinajstić information content (AvgIpc) is 3.28. The molecule has 0 amide bonds. The van der Waals surface area contributed by atoms with E-state index in [9.17, 15) is 125 Å². The minimum atomic E-state index is -8.25. The second-order valence-electron chi connectivity index (χ2n) is 9.51. The van der Waals surface area contributed by atoms with E-state index < -0.39 is 125 Å². The predicted octanol–water partition coefficient (Wildman–Crippen LogP) is 6.71. The number of rotatable bonds is 6. The summed E-state index contributed by atoms with van der Waals surface area (Å²) in [6.07, 6.45) is -29.9. The number of halogens is 24. The van der Waals surface area contributed by atoms with Crippen molar-refractivity contribution in [2.45, 2.75) is 60.5 Å². The lowest BCUT2D eigenvalue weighted by Gasteiger charge is -2.33. The number of nitrogens with zero attached hydrogens (tertiary/aromatic N) is 2. The highest BCUT2D eigenvalue weighted by atomic mass is 19.4. The highest BCUT2D eigenvalue weighted by Crippen LogP contribution is 2.56. The number of fused-ring (bicyclic) bond motifs is 2. The normalized spacial score (nSPS) is 15.5. The van der Waals surface area contributed by atoms with Crippen molar-refractivity contribution < 1.29 is 105 Å². The van der Waals surface area contributed by atoms with Crippen LogP contribution in [0.1, 0.15) is 11.1 Å². The molecule has 0 aliphatic carbocycles. The van der Waals surface area contributed by atoms with Gasteiger partial charge in [-0.1, -0.05) is 0 Å². The van der Waals surface area contributed by atoms with E-state index in [2.05, 4.69) is 0 Å². The van der Waals surface area contributed by atoms with Crippen molar-refractivity contribution in [1.29, 1.82) is 0 Å². The Balaban J connectivity index is 2.83. The van der Waals surface area contributed by atoms with Crippen LogP contribution in [0.5, 0.6) is 0 Å². The fraction of sp³-hybridized carbons (Fsp3) is 0.500. The van der Waals surface area contributed by atoms with E-state index in [0.717, 1.165) is 0 Å². The van der Waals surface area contributed by atoms with Crippen LogP contribution < -0.4 is 22.2 Å². The summed E-state index contributed by atoms with van der Waals surface area (Å²) in [6, 6.07) is -15.8. The zero-order valence-electron chi connectivity index (χ0n) is 21.6. The maximum absolute atomic E-state index is 14.6. The van der Waals surface area contributed by atoms with E-state index in [1.165, 1.54) is 0 Å². The molecule has 2 aromatic heterocycles. The molecule has 6 nitrogen and oxygen atoms in total. The monoisotopic (exact) mass is 788 g/mol. The van der Waals surface area contributed by atoms with Gasteiger partial charge in [-0.15, -0.1) is 0 Å². The van der Waals surface area contributed by atoms with Gasteiger partial charge in [0.1, 0.15) is 0 Å². The lowest BCUT2D eigenvalue weighted by molar-refractivity contribution is -0.414. The van der Waals surface area contributed by atoms with Crippen molar-refractivity contribution in [3.8, 4) is 0 Å². The van der Waals surface area contributed by atoms with Gasteiger partial charge in [0.25, 0.3) is 22.2 Å². The zero-order chi connectivity index (χ0) is 39.9. The van der Waals surface area contributed by atoms with Crippen LogP contribution in [0.3, 0.4) is 0 Å². The maximum atomic E-state index is 14.6. The number of aromatic nitrogens is 2. The summed E-state index contributed by atoms with van der Waals surface area (Å²) in [6.45, 7) is 0. The van der Waals surface area contributed by atoms with Gasteiger partial charge >= 0.3 is 60.5 Å². The summed E-state index contributed by atoms with van der Waals surface area (Å²) < 4.78 is 321. The van der Waals surface area contributed by atoms with Gasteiger partial charge in [0, 0.05) is 0 Å². The van der Waals surface area contributed by atoms with Crippen molar-refractivity contribution in [2.24, 2.45) is 0 Å². The molecule has 50 heavy (non-hydrogen) atoms. The molecule has 2 heterocycles. The molecule has 0 spiro atoms. The molecular formula is C20F24N2O4. The third kappa shape index (κ3) is 4.77. The predicted molar refractivity (Wildman–Crippen MR) is 107 cm³/mol. The fourth-order valence-corrected chi connectivity index (χ4v) is 4.33. The summed E-state index contributed by atoms with van der Waals surface area (Å²) in [7, 11) is 0. The highest BCUT2D eigenvalue weighted by Gasteiger charge is 2.84. The minimum absolute atomic E-state index is 3.10. The van der Waals surface area contributed by atoms with Crippen molar-refractivity contribution in [3.63, 3.8) is 0 Å². The van der Waals surface area contributed by atoms with E-state index in [1.54, 1.807) is 0 Å². The van der Waals surface area contributed by atoms with Crippen LogP contribution in [-0.2, 0) is 24.4 Å². The van der Waals surface area contributed by atoms with E-state index in [-0.39, 0.29) is 0 Å². The Bertz CT molecular complexity index is 1870. The van der Waals surface area contributed by atoms with E-state index >= 15 is 0 Å². The molecule has 282 valence electrons. The number of hydrogen-bond donors (Lipinski definition) is 0. The van der Waals surface area contributed by atoms with E-state index in [0.29, 0.717) is 0 Å². The first kappa shape index (κ1) is 40.3. The molecular weight excluding hydrogens is 788 g/mol. The van der Waals surface area contributed by atoms with Crippen LogP contribution in [0, 0.1) is 0 Å². The second kappa shape index (κ2) is 10.2. The number of alkyl halides is 24. The van der Waals surface area contributed by atoms with Gasteiger partial charge < -0.3 is 0 Å². The summed E-state index contributed by atoms with van der Waals surface area (Å²) in [5.74, 6) is -32.8. The smallest absolute Gasteiger partial charge is 0.268 e. The first-order valence-electron chi connectivity index (χ1n) is 11.2. The van der Waals surface area contributed by atoms with Gasteiger partial charge in [-0.3, -0.25) is 19.2 Å². The highest BCUT2D eigenvalue weighted by molar-refractivity contribution is 6.06. The van der Waals surface area contributed by atoms with Crippen LogP contribution in [0.4, 0.5) is 105 Å². The summed E-state index contributed by atoms with van der Waals surface area (Å²) in [4.78, 5) is 49.9. The molecule has 3 aromatic rings. The molecule has 0 aliphatic heterocycles. The van der Waals surface area contributed by atoms with Crippen molar-refractivity contribution in [2.75, 3.05) is 0 Å². The standard InChI is InChI=1S/C20F24N2O4/c21-11(22,23)5-1-2(8(48)45(7(1)47)19(41,42)15(31,32)13(27,28)17(35,36)37)6(12(24,25)26)4-3(5)9(49)46(10(4)50)20(43,44)16(33,34)14(29,30)18(38,39)40. The zero-order valence-corrected chi connectivity index (χ0v) is 21.6. The number of hydrogen-bond acceptors (Lipinski definition) is 4. The van der Waals surface area contributed by atoms with Crippen molar-refractivity contribution in [3.05, 3.63) is 52.5 Å². The molecule has 0 aliphatic rings. The van der Waals surface area contributed by atoms with Gasteiger partial charge in [0.15, 0.2) is 0 Å². The SMILES string of the molecule is O=c1c2c(C(F)(F)F)c3c(=O)n(C(F)(F)C(F)(F)C(F)(F)C(F)(F)F)c(=O)c3c(C(F)(F)F)c2c(=O)n1C(F)(F)C(F)(F)C(F)(F)C(F)(F)F. The third-order valence-corrected chi connectivity index (χ3v) is 6.55. The Labute approximate surface area is 250 Å². The Morgan fingerprint density at radius 1 is 0.300 bits per heavy atom. The van der Waals surface area contributed by atoms with Crippen LogP contribution in [-0.4, -0.2) is 45.2 Å².